The predicted molar refractivity (Wildman–Crippen MR) is 55.3 cm³/mol. The molecule has 0 aliphatic carbocycles. The molecule has 0 rings (SSSR count). The average Bonchev–Trinajstić information content (AvgIpc) is 2.12. The van der Waals surface area contributed by atoms with Gasteiger partial charge in [0.1, 0.15) is 0 Å². The molecule has 0 aliphatic heterocycles. The first-order valence-corrected chi connectivity index (χ1v) is 4.70. The molecule has 0 aromatic rings. The quantitative estimate of drug-likeness (QED) is 0.312. The van der Waals surface area contributed by atoms with E-state index in [1.807, 2.05) is 0 Å². The van der Waals surface area contributed by atoms with Crippen molar-refractivity contribution in [1.29, 1.82) is 0 Å². The second-order valence-electron chi connectivity index (χ2n) is 1.13. The van der Waals surface area contributed by atoms with Crippen LogP contribution < -0.4 is 0 Å². The zero-order valence-corrected chi connectivity index (χ0v) is 8.81. The average molecular weight is 208 g/mol. The zero-order valence-electron chi connectivity index (χ0n) is 7.02. The minimum absolute atomic E-state index is 0.545. The van der Waals surface area contributed by atoms with Gasteiger partial charge in [0.25, 0.3) is 0 Å². The molecule has 0 unspecified atom stereocenters. The molecule has 0 N–H and O–H groups in total. The normalized spacial score (nSPS) is 5.33. The molecular weight excluding hydrogens is 196 g/mol. The van der Waals surface area contributed by atoms with Crippen molar-refractivity contribution in [2.24, 2.45) is 9.98 Å². The summed E-state index contributed by atoms with van der Waals surface area (Å²) in [4.78, 5) is 24.6. The van der Waals surface area contributed by atoms with Crippen molar-refractivity contribution < 1.29 is 9.59 Å². The fourth-order valence-electron chi connectivity index (χ4n) is 0.129. The highest BCUT2D eigenvalue weighted by molar-refractivity contribution is 8.59. The van der Waals surface area contributed by atoms with E-state index in [1.165, 1.54) is 12.2 Å². The highest BCUT2D eigenvalue weighted by Gasteiger charge is 1.52. The van der Waals surface area contributed by atoms with Gasteiger partial charge in [-0.3, -0.25) is 0 Å². The molecule has 0 aromatic carbocycles. The largest absolute Gasteiger partial charge is 0.234 e. The van der Waals surface area contributed by atoms with Crippen LogP contribution in [-0.2, 0) is 9.59 Å². The van der Waals surface area contributed by atoms with Gasteiger partial charge in [0.05, 0.1) is 0 Å². The number of hydrogen-bond donors (Lipinski definition) is 2. The number of nitrogens with zero attached hydrogens (tertiary/aromatic N) is 2. The van der Waals surface area contributed by atoms with Crippen LogP contribution in [0.2, 0.25) is 0 Å². The van der Waals surface area contributed by atoms with Gasteiger partial charge in [-0.1, -0.05) is 0 Å². The van der Waals surface area contributed by atoms with Crippen LogP contribution in [0.1, 0.15) is 13.8 Å². The molecule has 0 saturated carbocycles. The fourth-order valence-corrected chi connectivity index (χ4v) is 0.129. The van der Waals surface area contributed by atoms with E-state index in [9.17, 15) is 0 Å². The minimum atomic E-state index is 0.545. The third-order valence-corrected chi connectivity index (χ3v) is 0.445. The van der Waals surface area contributed by atoms with E-state index in [4.69, 9.17) is 9.59 Å². The Morgan fingerprint density at radius 3 is 1.25 bits per heavy atom. The summed E-state index contributed by atoms with van der Waals surface area (Å²) < 4.78 is 0. The second kappa shape index (κ2) is 31.4. The first-order valence-electron chi connectivity index (χ1n) is 3.10. The van der Waals surface area contributed by atoms with E-state index in [0.717, 1.165) is 0 Å². The summed E-state index contributed by atoms with van der Waals surface area (Å²) in [6.07, 6.45) is 2.78. The topological polar surface area (TPSA) is 58.9 Å². The third-order valence-electron chi connectivity index (χ3n) is 0.445. The Bertz CT molecular complexity index is 134. The smallest absolute Gasteiger partial charge is 0.211 e. The number of rotatable bonds is 2. The van der Waals surface area contributed by atoms with E-state index in [2.05, 4.69) is 33.3 Å². The predicted octanol–water partition coefficient (Wildman–Crippen LogP) is 1.45. The van der Waals surface area contributed by atoms with Crippen molar-refractivity contribution in [3.63, 3.8) is 0 Å². The standard InChI is InChI=1S/2C3H5NO.H2S2/c2*1-2-4-3-5;1-2/h2*2H2,1H3;1-2H. The van der Waals surface area contributed by atoms with Crippen LogP contribution in [0.3, 0.4) is 0 Å². The van der Waals surface area contributed by atoms with Crippen molar-refractivity contribution in [1.82, 2.24) is 0 Å². The SMILES string of the molecule is CCN=C=O.CCN=C=O.SS. The van der Waals surface area contributed by atoms with Crippen LogP contribution in [0.4, 0.5) is 0 Å². The van der Waals surface area contributed by atoms with Gasteiger partial charge < -0.3 is 0 Å². The van der Waals surface area contributed by atoms with E-state index < -0.39 is 0 Å². The lowest BCUT2D eigenvalue weighted by molar-refractivity contribution is 0.562. The lowest BCUT2D eigenvalue weighted by Gasteiger charge is -1.58. The van der Waals surface area contributed by atoms with Crippen LogP contribution in [0, 0.1) is 0 Å². The highest BCUT2D eigenvalue weighted by Crippen LogP contribution is 1.65. The number of isocyanates is 2. The molecule has 0 aliphatic rings. The fraction of sp³-hybridized carbons (Fsp3) is 0.667. The molecule has 0 aromatic heterocycles. The summed E-state index contributed by atoms with van der Waals surface area (Å²) in [7, 11) is 0. The van der Waals surface area contributed by atoms with Crippen molar-refractivity contribution in [2.45, 2.75) is 13.8 Å². The summed E-state index contributed by atoms with van der Waals surface area (Å²) in [5, 5.41) is 0. The van der Waals surface area contributed by atoms with Gasteiger partial charge >= 0.3 is 0 Å². The Labute approximate surface area is 82.4 Å². The molecule has 4 nitrogen and oxygen atoms in total. The van der Waals surface area contributed by atoms with Crippen LogP contribution in [0.15, 0.2) is 9.98 Å². The summed E-state index contributed by atoms with van der Waals surface area (Å²) in [6, 6.07) is 0. The highest BCUT2D eigenvalue weighted by atomic mass is 33.1. The zero-order chi connectivity index (χ0) is 10.2. The van der Waals surface area contributed by atoms with Gasteiger partial charge in [0.2, 0.25) is 12.2 Å². The molecule has 0 bridgehead atoms. The molecule has 70 valence electrons. The van der Waals surface area contributed by atoms with Gasteiger partial charge in [-0.05, 0) is 13.8 Å². The number of carbonyl (C=O) groups excluding carboxylic acids is 2. The van der Waals surface area contributed by atoms with Gasteiger partial charge in [-0.25, -0.2) is 19.6 Å². The van der Waals surface area contributed by atoms with Gasteiger partial charge in [0.15, 0.2) is 0 Å². The molecule has 0 radical (unpaired) electrons. The summed E-state index contributed by atoms with van der Waals surface area (Å²) >= 11 is 6.44. The van der Waals surface area contributed by atoms with Crippen LogP contribution in [0.25, 0.3) is 0 Å². The van der Waals surface area contributed by atoms with Gasteiger partial charge in [-0.15, -0.1) is 23.3 Å². The van der Waals surface area contributed by atoms with Crippen LogP contribution >= 0.6 is 23.3 Å². The van der Waals surface area contributed by atoms with Crippen molar-refractivity contribution >= 4 is 35.5 Å². The number of aliphatic imine (C=N–C) groups is 2. The molecule has 0 saturated heterocycles. The molecule has 0 spiro atoms. The Hall–Kier alpha value is -0.540. The maximum atomic E-state index is 9.11. The summed E-state index contributed by atoms with van der Waals surface area (Å²) in [5.74, 6) is 0. The lowest BCUT2D eigenvalue weighted by Crippen LogP contribution is -1.58. The van der Waals surface area contributed by atoms with Crippen molar-refractivity contribution in [3.8, 4) is 0 Å². The molecule has 6 heteroatoms. The van der Waals surface area contributed by atoms with Crippen LogP contribution in [-0.4, -0.2) is 25.2 Å². The Morgan fingerprint density at radius 2 is 1.25 bits per heavy atom. The number of thiol groups is 2. The van der Waals surface area contributed by atoms with E-state index in [0.29, 0.717) is 13.1 Å². The monoisotopic (exact) mass is 208 g/mol. The van der Waals surface area contributed by atoms with Gasteiger partial charge in [-0.2, -0.15) is 0 Å². The molecule has 0 fully saturated rings. The minimum Gasteiger partial charge on any atom is -0.211 e. The maximum absolute atomic E-state index is 9.11. The molecule has 12 heavy (non-hydrogen) atoms. The van der Waals surface area contributed by atoms with Crippen LogP contribution in [0.5, 0.6) is 0 Å². The van der Waals surface area contributed by atoms with E-state index >= 15 is 0 Å². The molecule has 0 atom stereocenters. The third kappa shape index (κ3) is 56.6. The van der Waals surface area contributed by atoms with Gasteiger partial charge in [0, 0.05) is 13.1 Å². The molecule has 0 amide bonds. The Balaban J connectivity index is -0.000000112. The Morgan fingerprint density at radius 1 is 1.00 bits per heavy atom. The molecule has 0 heterocycles. The van der Waals surface area contributed by atoms with E-state index in [-0.39, 0.29) is 0 Å². The maximum Gasteiger partial charge on any atom is 0.234 e. The first-order chi connectivity index (χ1) is 5.83. The summed E-state index contributed by atoms with van der Waals surface area (Å²) in [6.45, 7) is 4.66. The second-order valence-corrected chi connectivity index (χ2v) is 1.13. The van der Waals surface area contributed by atoms with Crippen molar-refractivity contribution in [3.05, 3.63) is 0 Å². The molecular formula is C6H12N2O2S2. The van der Waals surface area contributed by atoms with E-state index in [1.54, 1.807) is 13.8 Å². The Kier molecular flexibility index (Phi) is 45.8. The lowest BCUT2D eigenvalue weighted by atomic mass is 10.8. The number of hydrogen-bond acceptors (Lipinski definition) is 6. The first kappa shape index (κ1) is 17.5. The van der Waals surface area contributed by atoms with Crippen molar-refractivity contribution in [2.75, 3.05) is 13.1 Å². The summed E-state index contributed by atoms with van der Waals surface area (Å²) in [5.41, 5.74) is 0.